The van der Waals surface area contributed by atoms with Gasteiger partial charge in [0.1, 0.15) is 0 Å². The van der Waals surface area contributed by atoms with Crippen molar-refractivity contribution in [2.45, 2.75) is 25.8 Å². The predicted octanol–water partition coefficient (Wildman–Crippen LogP) is 3.73. The Kier molecular flexibility index (Phi) is 4.82. The summed E-state index contributed by atoms with van der Waals surface area (Å²) in [5, 5.41) is 5.87. The molecule has 0 radical (unpaired) electrons. The van der Waals surface area contributed by atoms with Crippen molar-refractivity contribution >= 4 is 44.2 Å². The molecular weight excluding hydrogens is 382 g/mol. The standard InChI is InChI=1S/C19H22ClN5OS/c1-12-4-5-15(20)17-16(12)22-19(27-17)25-8-6-14(7-9-25)24(3)18(26)13-10-21-23(2)11-13/h4-5,10-11,14H,6-9H2,1-3H3. The first kappa shape index (κ1) is 18.3. The zero-order valence-corrected chi connectivity index (χ0v) is 17.2. The Hall–Kier alpha value is -2.12. The summed E-state index contributed by atoms with van der Waals surface area (Å²) >= 11 is 7.99. The number of benzene rings is 1. The Morgan fingerprint density at radius 1 is 1.33 bits per heavy atom. The van der Waals surface area contributed by atoms with Gasteiger partial charge in [0.15, 0.2) is 5.13 Å². The van der Waals surface area contributed by atoms with Gasteiger partial charge in [-0.3, -0.25) is 9.48 Å². The number of carbonyl (C=O) groups excluding carboxylic acids is 1. The average Bonchev–Trinajstić information content (AvgIpc) is 3.31. The maximum absolute atomic E-state index is 12.6. The summed E-state index contributed by atoms with van der Waals surface area (Å²) in [5.41, 5.74) is 2.78. The summed E-state index contributed by atoms with van der Waals surface area (Å²) in [6, 6.07) is 4.18. The lowest BCUT2D eigenvalue weighted by Gasteiger charge is -2.36. The Bertz CT molecular complexity index is 950. The van der Waals surface area contributed by atoms with Crippen molar-refractivity contribution in [1.29, 1.82) is 0 Å². The topological polar surface area (TPSA) is 54.3 Å². The predicted molar refractivity (Wildman–Crippen MR) is 110 cm³/mol. The molecule has 0 unspecified atom stereocenters. The van der Waals surface area contributed by atoms with Gasteiger partial charge in [-0.05, 0) is 31.4 Å². The van der Waals surface area contributed by atoms with Crippen LogP contribution in [0.15, 0.2) is 24.5 Å². The molecule has 0 saturated carbocycles. The number of aromatic nitrogens is 3. The summed E-state index contributed by atoms with van der Waals surface area (Å²) in [7, 11) is 3.71. The SMILES string of the molecule is Cc1ccc(Cl)c2sc(N3CCC(N(C)C(=O)c4cnn(C)c4)CC3)nc12. The molecule has 1 fully saturated rings. The molecule has 0 bridgehead atoms. The second kappa shape index (κ2) is 7.13. The summed E-state index contributed by atoms with van der Waals surface area (Å²) in [5.74, 6) is 0.0314. The van der Waals surface area contributed by atoms with Crippen LogP contribution in [0.1, 0.15) is 28.8 Å². The highest BCUT2D eigenvalue weighted by Crippen LogP contribution is 2.36. The average molecular weight is 404 g/mol. The molecule has 1 aromatic carbocycles. The van der Waals surface area contributed by atoms with Crippen LogP contribution in [0.3, 0.4) is 0 Å². The molecule has 0 atom stereocenters. The van der Waals surface area contributed by atoms with Gasteiger partial charge in [0.25, 0.3) is 5.91 Å². The van der Waals surface area contributed by atoms with E-state index >= 15 is 0 Å². The van der Waals surface area contributed by atoms with Gasteiger partial charge in [0.05, 0.1) is 27.0 Å². The number of amides is 1. The zero-order chi connectivity index (χ0) is 19.1. The van der Waals surface area contributed by atoms with Crippen molar-refractivity contribution < 1.29 is 4.79 Å². The van der Waals surface area contributed by atoms with Gasteiger partial charge in [-0.15, -0.1) is 0 Å². The van der Waals surface area contributed by atoms with Crippen molar-refractivity contribution in [2.75, 3.05) is 25.0 Å². The van der Waals surface area contributed by atoms with E-state index in [2.05, 4.69) is 16.9 Å². The van der Waals surface area contributed by atoms with Crippen LogP contribution in [0, 0.1) is 6.92 Å². The van der Waals surface area contributed by atoms with Crippen molar-refractivity contribution in [2.24, 2.45) is 7.05 Å². The summed E-state index contributed by atoms with van der Waals surface area (Å²) in [4.78, 5) is 21.6. The van der Waals surface area contributed by atoms with Crippen LogP contribution in [-0.2, 0) is 7.05 Å². The number of thiazole rings is 1. The zero-order valence-electron chi connectivity index (χ0n) is 15.6. The minimum Gasteiger partial charge on any atom is -0.348 e. The van der Waals surface area contributed by atoms with Crippen LogP contribution in [0.5, 0.6) is 0 Å². The van der Waals surface area contributed by atoms with Crippen LogP contribution in [0.2, 0.25) is 5.02 Å². The van der Waals surface area contributed by atoms with Gasteiger partial charge in [-0.2, -0.15) is 5.10 Å². The molecule has 0 aliphatic carbocycles. The second-order valence-electron chi connectivity index (χ2n) is 7.08. The third-order valence-electron chi connectivity index (χ3n) is 5.24. The molecule has 8 heteroatoms. The van der Waals surface area contributed by atoms with Crippen molar-refractivity contribution in [3.8, 4) is 0 Å². The smallest absolute Gasteiger partial charge is 0.257 e. The van der Waals surface area contributed by atoms with Gasteiger partial charge >= 0.3 is 0 Å². The molecule has 3 aromatic rings. The fourth-order valence-corrected chi connectivity index (χ4v) is 4.94. The van der Waals surface area contributed by atoms with Gasteiger partial charge in [0, 0.05) is 39.4 Å². The maximum Gasteiger partial charge on any atom is 0.257 e. The number of carbonyl (C=O) groups is 1. The molecule has 0 N–H and O–H groups in total. The van der Waals surface area contributed by atoms with Crippen LogP contribution in [0.4, 0.5) is 5.13 Å². The van der Waals surface area contributed by atoms with E-state index in [4.69, 9.17) is 16.6 Å². The molecule has 1 aliphatic heterocycles. The minimum absolute atomic E-state index is 0.0314. The van der Waals surface area contributed by atoms with E-state index in [1.54, 1.807) is 28.4 Å². The first-order chi connectivity index (χ1) is 12.9. The third kappa shape index (κ3) is 3.41. The number of fused-ring (bicyclic) bond motifs is 1. The normalized spacial score (nSPS) is 15.5. The summed E-state index contributed by atoms with van der Waals surface area (Å²) in [6.07, 6.45) is 5.23. The highest BCUT2D eigenvalue weighted by Gasteiger charge is 2.28. The monoisotopic (exact) mass is 403 g/mol. The van der Waals surface area contributed by atoms with Crippen molar-refractivity contribution in [1.82, 2.24) is 19.7 Å². The largest absolute Gasteiger partial charge is 0.348 e. The molecule has 1 saturated heterocycles. The fraction of sp³-hybridized carbons (Fsp3) is 0.421. The second-order valence-corrected chi connectivity index (χ2v) is 8.46. The minimum atomic E-state index is 0.0314. The van der Waals surface area contributed by atoms with Crippen molar-refractivity contribution in [3.63, 3.8) is 0 Å². The van der Waals surface area contributed by atoms with Crippen LogP contribution >= 0.6 is 22.9 Å². The van der Waals surface area contributed by atoms with Crippen LogP contribution < -0.4 is 4.90 Å². The molecule has 142 valence electrons. The molecule has 6 nitrogen and oxygen atoms in total. The van der Waals surface area contributed by atoms with Gasteiger partial charge < -0.3 is 9.80 Å². The van der Waals surface area contributed by atoms with E-state index in [1.165, 1.54) is 0 Å². The number of nitrogens with zero attached hydrogens (tertiary/aromatic N) is 5. The lowest BCUT2D eigenvalue weighted by molar-refractivity contribution is 0.0709. The highest BCUT2D eigenvalue weighted by molar-refractivity contribution is 7.22. The third-order valence-corrected chi connectivity index (χ3v) is 6.82. The molecule has 1 amide bonds. The molecule has 1 aliphatic rings. The Morgan fingerprint density at radius 3 is 2.70 bits per heavy atom. The first-order valence-corrected chi connectivity index (χ1v) is 10.2. The van der Waals surface area contributed by atoms with Crippen molar-refractivity contribution in [3.05, 3.63) is 40.7 Å². The number of piperidine rings is 1. The Balaban J connectivity index is 1.45. The molecule has 0 spiro atoms. The molecule has 4 rings (SSSR count). The highest BCUT2D eigenvalue weighted by atomic mass is 35.5. The summed E-state index contributed by atoms with van der Waals surface area (Å²) < 4.78 is 2.71. The summed E-state index contributed by atoms with van der Waals surface area (Å²) in [6.45, 7) is 3.82. The van der Waals surface area contributed by atoms with E-state index in [0.29, 0.717) is 5.56 Å². The molecule has 3 heterocycles. The number of hydrogen-bond donors (Lipinski definition) is 0. The fourth-order valence-electron chi connectivity index (χ4n) is 3.57. The van der Waals surface area contributed by atoms with Gasteiger partial charge in [-0.1, -0.05) is 29.0 Å². The maximum atomic E-state index is 12.6. The van der Waals surface area contributed by atoms with Crippen LogP contribution in [0.25, 0.3) is 10.2 Å². The van der Waals surface area contributed by atoms with E-state index < -0.39 is 0 Å². The number of aryl methyl sites for hydroxylation is 2. The van der Waals surface area contributed by atoms with Crippen LogP contribution in [-0.4, -0.2) is 51.8 Å². The van der Waals surface area contributed by atoms with E-state index in [-0.39, 0.29) is 11.9 Å². The first-order valence-electron chi connectivity index (χ1n) is 9.00. The number of rotatable bonds is 3. The lowest BCUT2D eigenvalue weighted by atomic mass is 10.0. The lowest BCUT2D eigenvalue weighted by Crippen LogP contribution is -2.45. The quantitative estimate of drug-likeness (QED) is 0.668. The molecule has 2 aromatic heterocycles. The molecule has 27 heavy (non-hydrogen) atoms. The molecular formula is C19H22ClN5OS. The Morgan fingerprint density at radius 2 is 2.07 bits per heavy atom. The Labute approximate surface area is 167 Å². The van der Waals surface area contributed by atoms with Gasteiger partial charge in [0.2, 0.25) is 0 Å². The number of hydrogen-bond acceptors (Lipinski definition) is 5. The van der Waals surface area contributed by atoms with E-state index in [9.17, 15) is 4.79 Å². The van der Waals surface area contributed by atoms with E-state index in [1.807, 2.05) is 31.1 Å². The van der Waals surface area contributed by atoms with Gasteiger partial charge in [-0.25, -0.2) is 4.98 Å². The number of anilines is 1. The number of halogens is 1. The van der Waals surface area contributed by atoms with E-state index in [0.717, 1.165) is 51.9 Å².